The van der Waals surface area contributed by atoms with Gasteiger partial charge in [-0.25, -0.2) is 4.79 Å². The van der Waals surface area contributed by atoms with Crippen LogP contribution in [0, 0.1) is 0 Å². The molecule has 2 heterocycles. The van der Waals surface area contributed by atoms with Gasteiger partial charge in [-0.3, -0.25) is 4.90 Å². The van der Waals surface area contributed by atoms with Crippen LogP contribution in [0.1, 0.15) is 5.82 Å². The fourth-order valence-corrected chi connectivity index (χ4v) is 3.44. The second kappa shape index (κ2) is 9.15. The van der Waals surface area contributed by atoms with Crippen LogP contribution in [-0.4, -0.2) is 59.3 Å². The summed E-state index contributed by atoms with van der Waals surface area (Å²) in [4.78, 5) is 20.9. The number of piperazine rings is 1. The summed E-state index contributed by atoms with van der Waals surface area (Å²) in [6, 6.07) is 14.5. The fourth-order valence-electron chi connectivity index (χ4n) is 3.25. The lowest BCUT2D eigenvalue weighted by atomic mass is 10.2. The van der Waals surface area contributed by atoms with Crippen LogP contribution in [0.15, 0.2) is 53.1 Å². The van der Waals surface area contributed by atoms with Crippen molar-refractivity contribution in [2.75, 3.05) is 38.6 Å². The molecule has 0 bridgehead atoms. The summed E-state index contributed by atoms with van der Waals surface area (Å²) in [6.45, 7) is 3.28. The number of amides is 2. The summed E-state index contributed by atoms with van der Waals surface area (Å²) < 4.78 is 10.6. The summed E-state index contributed by atoms with van der Waals surface area (Å²) in [5, 5.41) is 7.55. The minimum absolute atomic E-state index is 0.127. The second-order valence-corrected chi connectivity index (χ2v) is 7.38. The molecule has 0 atom stereocenters. The van der Waals surface area contributed by atoms with E-state index in [0.717, 1.165) is 24.4 Å². The monoisotopic (exact) mass is 427 g/mol. The van der Waals surface area contributed by atoms with E-state index in [1.165, 1.54) is 0 Å². The Kier molecular flexibility index (Phi) is 6.15. The number of anilines is 1. The topological polar surface area (TPSA) is 83.7 Å². The number of aromatic nitrogens is 2. The second-order valence-electron chi connectivity index (χ2n) is 6.95. The molecule has 1 fully saturated rings. The molecular formula is C21H22ClN5O3. The van der Waals surface area contributed by atoms with Gasteiger partial charge in [-0.2, -0.15) is 4.98 Å². The molecule has 156 valence electrons. The average Bonchev–Trinajstić information content (AvgIpc) is 3.23. The molecule has 9 heteroatoms. The Labute approximate surface area is 179 Å². The molecule has 1 N–H and O–H groups in total. The van der Waals surface area contributed by atoms with Crippen LogP contribution in [0.2, 0.25) is 5.02 Å². The number of methoxy groups -OCH3 is 1. The maximum Gasteiger partial charge on any atom is 0.321 e. The van der Waals surface area contributed by atoms with Crippen molar-refractivity contribution in [3.63, 3.8) is 0 Å². The predicted octanol–water partition coefficient (Wildman–Crippen LogP) is 3.75. The molecule has 0 unspecified atom stereocenters. The lowest BCUT2D eigenvalue weighted by Crippen LogP contribution is -2.49. The van der Waals surface area contributed by atoms with Gasteiger partial charge in [-0.15, -0.1) is 0 Å². The van der Waals surface area contributed by atoms with E-state index in [-0.39, 0.29) is 6.03 Å². The number of hydrogen-bond acceptors (Lipinski definition) is 6. The molecule has 1 saturated heterocycles. The first kappa shape index (κ1) is 20.2. The first-order valence-electron chi connectivity index (χ1n) is 9.61. The van der Waals surface area contributed by atoms with E-state index in [1.54, 1.807) is 30.2 Å². The van der Waals surface area contributed by atoms with Crippen molar-refractivity contribution in [1.29, 1.82) is 0 Å². The third-order valence-corrected chi connectivity index (χ3v) is 5.14. The summed E-state index contributed by atoms with van der Waals surface area (Å²) >= 11 is 5.97. The normalized spacial score (nSPS) is 14.5. The molecule has 4 rings (SSSR count). The van der Waals surface area contributed by atoms with Crippen molar-refractivity contribution in [3.05, 3.63) is 59.4 Å². The lowest BCUT2D eigenvalue weighted by Gasteiger charge is -2.34. The zero-order valence-corrected chi connectivity index (χ0v) is 17.3. The summed E-state index contributed by atoms with van der Waals surface area (Å²) in [5.74, 6) is 1.88. The minimum Gasteiger partial charge on any atom is -0.497 e. The minimum atomic E-state index is -0.127. The van der Waals surface area contributed by atoms with Gasteiger partial charge in [-0.05, 0) is 42.5 Å². The van der Waals surface area contributed by atoms with E-state index >= 15 is 0 Å². The Morgan fingerprint density at radius 1 is 1.17 bits per heavy atom. The van der Waals surface area contributed by atoms with Crippen LogP contribution >= 0.6 is 11.6 Å². The molecule has 30 heavy (non-hydrogen) atoms. The Hall–Kier alpha value is -3.10. The third kappa shape index (κ3) is 4.90. The largest absolute Gasteiger partial charge is 0.497 e. The number of carbonyl (C=O) groups excluding carboxylic acids is 1. The number of halogens is 1. The Morgan fingerprint density at radius 3 is 2.63 bits per heavy atom. The quantitative estimate of drug-likeness (QED) is 0.667. The zero-order chi connectivity index (χ0) is 20.9. The van der Waals surface area contributed by atoms with Crippen molar-refractivity contribution in [2.45, 2.75) is 6.54 Å². The molecule has 0 aliphatic carbocycles. The molecule has 1 aliphatic rings. The molecular weight excluding hydrogens is 406 g/mol. The van der Waals surface area contributed by atoms with E-state index in [1.807, 2.05) is 30.3 Å². The molecule has 1 aromatic heterocycles. The standard InChI is InChI=1S/C21H22ClN5O3/c1-29-18-7-5-15(6-8-18)20-24-19(25-30-20)14-26-9-11-27(12-10-26)21(28)23-17-4-2-3-16(22)13-17/h2-8,13H,9-12,14H2,1H3,(H,23,28). The highest BCUT2D eigenvalue weighted by Crippen LogP contribution is 2.21. The first-order chi connectivity index (χ1) is 14.6. The van der Waals surface area contributed by atoms with Crippen LogP contribution < -0.4 is 10.1 Å². The molecule has 0 radical (unpaired) electrons. The van der Waals surface area contributed by atoms with E-state index in [9.17, 15) is 4.79 Å². The van der Waals surface area contributed by atoms with Crippen molar-refractivity contribution in [2.24, 2.45) is 0 Å². The molecule has 2 aromatic carbocycles. The van der Waals surface area contributed by atoms with Crippen LogP contribution in [0.25, 0.3) is 11.5 Å². The molecule has 3 aromatic rings. The highest BCUT2D eigenvalue weighted by Gasteiger charge is 2.22. The number of hydrogen-bond donors (Lipinski definition) is 1. The number of urea groups is 1. The van der Waals surface area contributed by atoms with Crippen LogP contribution in [0.3, 0.4) is 0 Å². The third-order valence-electron chi connectivity index (χ3n) is 4.91. The number of nitrogens with zero attached hydrogens (tertiary/aromatic N) is 4. The van der Waals surface area contributed by atoms with Gasteiger partial charge in [-0.1, -0.05) is 22.8 Å². The van der Waals surface area contributed by atoms with Crippen LogP contribution in [-0.2, 0) is 6.54 Å². The van der Waals surface area contributed by atoms with E-state index in [0.29, 0.717) is 42.1 Å². The van der Waals surface area contributed by atoms with Gasteiger partial charge in [0.15, 0.2) is 5.82 Å². The van der Waals surface area contributed by atoms with Crippen molar-refractivity contribution in [3.8, 4) is 17.2 Å². The summed E-state index contributed by atoms with van der Waals surface area (Å²) in [5.41, 5.74) is 1.53. The van der Waals surface area contributed by atoms with Gasteiger partial charge in [0.05, 0.1) is 13.7 Å². The van der Waals surface area contributed by atoms with E-state index in [2.05, 4.69) is 20.4 Å². The van der Waals surface area contributed by atoms with Crippen molar-refractivity contribution >= 4 is 23.3 Å². The summed E-state index contributed by atoms with van der Waals surface area (Å²) in [7, 11) is 1.63. The maximum atomic E-state index is 12.5. The van der Waals surface area contributed by atoms with E-state index in [4.69, 9.17) is 20.9 Å². The van der Waals surface area contributed by atoms with Gasteiger partial charge >= 0.3 is 6.03 Å². The molecule has 0 spiro atoms. The first-order valence-corrected chi connectivity index (χ1v) is 9.99. The predicted molar refractivity (Wildman–Crippen MR) is 114 cm³/mol. The Balaban J connectivity index is 1.28. The summed E-state index contributed by atoms with van der Waals surface area (Å²) in [6.07, 6.45) is 0. The van der Waals surface area contributed by atoms with Crippen LogP contribution in [0.5, 0.6) is 5.75 Å². The highest BCUT2D eigenvalue weighted by atomic mass is 35.5. The SMILES string of the molecule is COc1ccc(-c2nc(CN3CCN(C(=O)Nc4cccc(Cl)c4)CC3)no2)cc1. The lowest BCUT2D eigenvalue weighted by molar-refractivity contribution is 0.140. The number of ether oxygens (including phenoxy) is 1. The van der Waals surface area contributed by atoms with Gasteiger partial charge in [0.1, 0.15) is 5.75 Å². The average molecular weight is 428 g/mol. The molecule has 2 amide bonds. The number of carbonyl (C=O) groups is 1. The van der Waals surface area contributed by atoms with Gasteiger partial charge in [0.25, 0.3) is 5.89 Å². The van der Waals surface area contributed by atoms with Crippen LogP contribution in [0.4, 0.5) is 10.5 Å². The fraction of sp³-hybridized carbons (Fsp3) is 0.286. The highest BCUT2D eigenvalue weighted by molar-refractivity contribution is 6.30. The molecule has 0 saturated carbocycles. The smallest absolute Gasteiger partial charge is 0.321 e. The maximum absolute atomic E-state index is 12.5. The van der Waals surface area contributed by atoms with Gasteiger partial charge in [0.2, 0.25) is 0 Å². The molecule has 1 aliphatic heterocycles. The number of benzene rings is 2. The van der Waals surface area contributed by atoms with Crippen molar-refractivity contribution < 1.29 is 14.1 Å². The van der Waals surface area contributed by atoms with Gasteiger partial charge in [0, 0.05) is 42.5 Å². The Bertz CT molecular complexity index is 1000. The number of rotatable bonds is 5. The van der Waals surface area contributed by atoms with Gasteiger partial charge < -0.3 is 19.5 Å². The Morgan fingerprint density at radius 2 is 1.93 bits per heavy atom. The van der Waals surface area contributed by atoms with Crippen molar-refractivity contribution in [1.82, 2.24) is 19.9 Å². The molecule has 8 nitrogen and oxygen atoms in total. The zero-order valence-electron chi connectivity index (χ0n) is 16.5. The number of nitrogens with one attached hydrogen (secondary N) is 1. The van der Waals surface area contributed by atoms with E-state index < -0.39 is 0 Å².